The maximum absolute atomic E-state index is 12.8. The number of nitrogens with zero attached hydrogens (tertiary/aromatic N) is 2. The van der Waals surface area contributed by atoms with Crippen molar-refractivity contribution in [3.05, 3.63) is 64.7 Å². The van der Waals surface area contributed by atoms with E-state index in [1.54, 1.807) is 25.1 Å². The van der Waals surface area contributed by atoms with Gasteiger partial charge in [-0.2, -0.15) is 4.99 Å². The Morgan fingerprint density at radius 2 is 1.94 bits per heavy atom. The Labute approximate surface area is 182 Å². The highest BCUT2D eigenvalue weighted by atomic mass is 32.1. The van der Waals surface area contributed by atoms with Gasteiger partial charge in [-0.15, -0.1) is 0 Å². The molecule has 0 fully saturated rings. The summed E-state index contributed by atoms with van der Waals surface area (Å²) in [4.78, 5) is 29.8. The molecule has 31 heavy (non-hydrogen) atoms. The van der Waals surface area contributed by atoms with E-state index < -0.39 is 5.91 Å². The van der Waals surface area contributed by atoms with Gasteiger partial charge in [0.2, 0.25) is 0 Å². The molecule has 0 aliphatic rings. The largest absolute Gasteiger partial charge is 0.462 e. The van der Waals surface area contributed by atoms with Crippen molar-refractivity contribution in [1.29, 1.82) is 0 Å². The number of carbonyl (C=O) groups excluding carboxylic acids is 2. The molecule has 4 rings (SSSR count). The van der Waals surface area contributed by atoms with E-state index in [1.165, 1.54) is 11.3 Å². The van der Waals surface area contributed by atoms with E-state index in [4.69, 9.17) is 13.9 Å². The van der Waals surface area contributed by atoms with Crippen LogP contribution < -0.4 is 4.80 Å². The van der Waals surface area contributed by atoms with E-state index >= 15 is 0 Å². The Balaban J connectivity index is 1.77. The van der Waals surface area contributed by atoms with Crippen molar-refractivity contribution in [3.8, 4) is 0 Å². The third-order valence-electron chi connectivity index (χ3n) is 4.69. The van der Waals surface area contributed by atoms with E-state index in [2.05, 4.69) is 4.99 Å². The molecule has 0 bridgehead atoms. The molecule has 2 aromatic carbocycles. The summed E-state index contributed by atoms with van der Waals surface area (Å²) in [6.45, 7) is 5.61. The summed E-state index contributed by atoms with van der Waals surface area (Å²) in [5.41, 5.74) is 1.97. The fourth-order valence-corrected chi connectivity index (χ4v) is 4.34. The van der Waals surface area contributed by atoms with Crippen molar-refractivity contribution in [2.45, 2.75) is 20.4 Å². The van der Waals surface area contributed by atoms with Crippen LogP contribution in [0.3, 0.4) is 0 Å². The lowest BCUT2D eigenvalue weighted by Gasteiger charge is -2.06. The Morgan fingerprint density at radius 1 is 1.10 bits per heavy atom. The predicted octanol–water partition coefficient (Wildman–Crippen LogP) is 4.40. The highest BCUT2D eigenvalue weighted by Crippen LogP contribution is 2.22. The number of ether oxygens (including phenoxy) is 2. The number of carbonyl (C=O) groups is 2. The quantitative estimate of drug-likeness (QED) is 0.315. The number of para-hydroxylation sites is 1. The van der Waals surface area contributed by atoms with Crippen molar-refractivity contribution < 1.29 is 23.5 Å². The van der Waals surface area contributed by atoms with Crippen LogP contribution in [0, 0.1) is 0 Å². The van der Waals surface area contributed by atoms with Gasteiger partial charge in [-0.05, 0) is 44.2 Å². The molecule has 7 nitrogen and oxygen atoms in total. The summed E-state index contributed by atoms with van der Waals surface area (Å²) in [5.74, 6) is -0.656. The Hall–Kier alpha value is -3.23. The number of benzene rings is 2. The molecule has 0 N–H and O–H groups in total. The number of rotatable bonds is 7. The summed E-state index contributed by atoms with van der Waals surface area (Å²) in [6.07, 6.45) is 0. The molecular formula is C23H22N2O5S. The van der Waals surface area contributed by atoms with Crippen molar-refractivity contribution in [1.82, 2.24) is 4.57 Å². The van der Waals surface area contributed by atoms with Crippen LogP contribution in [0.2, 0.25) is 0 Å². The molecule has 0 unspecified atom stereocenters. The van der Waals surface area contributed by atoms with Crippen LogP contribution in [0.15, 0.2) is 57.9 Å². The van der Waals surface area contributed by atoms with Gasteiger partial charge in [0.25, 0.3) is 0 Å². The first kappa shape index (κ1) is 21.0. The Morgan fingerprint density at radius 3 is 2.71 bits per heavy atom. The van der Waals surface area contributed by atoms with Crippen LogP contribution in [-0.4, -0.2) is 36.3 Å². The Bertz CT molecular complexity index is 1280. The normalized spacial score (nSPS) is 12.0. The molecule has 0 atom stereocenters. The molecule has 1 amide bonds. The van der Waals surface area contributed by atoms with Crippen LogP contribution in [0.25, 0.3) is 21.2 Å². The zero-order chi connectivity index (χ0) is 21.8. The molecule has 0 spiro atoms. The number of thiazole rings is 1. The van der Waals surface area contributed by atoms with Crippen LogP contribution >= 0.6 is 11.3 Å². The average molecular weight is 439 g/mol. The van der Waals surface area contributed by atoms with Gasteiger partial charge in [0, 0.05) is 18.5 Å². The summed E-state index contributed by atoms with van der Waals surface area (Å²) >= 11 is 1.33. The monoisotopic (exact) mass is 438 g/mol. The maximum Gasteiger partial charge on any atom is 0.338 e. The average Bonchev–Trinajstić information content (AvgIpc) is 3.35. The molecule has 2 aromatic heterocycles. The number of esters is 1. The van der Waals surface area contributed by atoms with Gasteiger partial charge in [0.1, 0.15) is 5.58 Å². The number of amides is 1. The maximum atomic E-state index is 12.8. The second kappa shape index (κ2) is 9.28. The molecule has 0 saturated heterocycles. The van der Waals surface area contributed by atoms with Crippen LogP contribution in [0.1, 0.15) is 34.8 Å². The van der Waals surface area contributed by atoms with Crippen LogP contribution in [-0.2, 0) is 16.0 Å². The SMILES string of the molecule is CCOCCn1c(=NC(=O)c2cc3ccccc3o2)sc2cc(C(=O)OCC)ccc21. The van der Waals surface area contributed by atoms with Gasteiger partial charge in [-0.1, -0.05) is 29.5 Å². The number of hydrogen-bond donors (Lipinski definition) is 0. The van der Waals surface area contributed by atoms with Crippen molar-refractivity contribution in [2.75, 3.05) is 19.8 Å². The first-order valence-electron chi connectivity index (χ1n) is 10.1. The number of furan rings is 1. The molecule has 0 saturated carbocycles. The molecule has 2 heterocycles. The lowest BCUT2D eigenvalue weighted by Crippen LogP contribution is -2.19. The fraction of sp³-hybridized carbons (Fsp3) is 0.261. The van der Waals surface area contributed by atoms with Gasteiger partial charge >= 0.3 is 11.9 Å². The first-order valence-corrected chi connectivity index (χ1v) is 10.9. The lowest BCUT2D eigenvalue weighted by molar-refractivity contribution is 0.0526. The molecule has 8 heteroatoms. The third-order valence-corrected chi connectivity index (χ3v) is 5.73. The number of fused-ring (bicyclic) bond motifs is 2. The second-order valence-electron chi connectivity index (χ2n) is 6.70. The van der Waals surface area contributed by atoms with Crippen molar-refractivity contribution >= 4 is 44.4 Å². The molecular weight excluding hydrogens is 416 g/mol. The fourth-order valence-electron chi connectivity index (χ4n) is 3.25. The van der Waals surface area contributed by atoms with E-state index in [0.29, 0.717) is 42.3 Å². The van der Waals surface area contributed by atoms with Gasteiger partial charge in [0.05, 0.1) is 29.0 Å². The third kappa shape index (κ3) is 4.45. The molecule has 0 aliphatic heterocycles. The minimum atomic E-state index is -0.460. The minimum absolute atomic E-state index is 0.183. The van der Waals surface area contributed by atoms with Gasteiger partial charge < -0.3 is 18.5 Å². The van der Waals surface area contributed by atoms with E-state index in [-0.39, 0.29) is 11.7 Å². The second-order valence-corrected chi connectivity index (χ2v) is 7.71. The Kier molecular flexibility index (Phi) is 6.29. The molecule has 4 aromatic rings. The smallest absolute Gasteiger partial charge is 0.338 e. The van der Waals surface area contributed by atoms with Crippen LogP contribution in [0.4, 0.5) is 0 Å². The topological polar surface area (TPSA) is 83.0 Å². The van der Waals surface area contributed by atoms with Crippen molar-refractivity contribution in [3.63, 3.8) is 0 Å². The van der Waals surface area contributed by atoms with Crippen molar-refractivity contribution in [2.24, 2.45) is 4.99 Å². The standard InChI is InChI=1S/C23H22N2O5S/c1-3-28-12-11-25-17-10-9-16(22(27)29-4-2)14-20(17)31-23(25)24-21(26)19-13-15-7-5-6-8-18(15)30-19/h5-10,13-14H,3-4,11-12H2,1-2H3. The number of aromatic nitrogens is 1. The number of hydrogen-bond acceptors (Lipinski definition) is 6. The zero-order valence-corrected chi connectivity index (χ0v) is 18.1. The van der Waals surface area contributed by atoms with Gasteiger partial charge in [-0.3, -0.25) is 4.79 Å². The molecule has 160 valence electrons. The lowest BCUT2D eigenvalue weighted by atomic mass is 10.2. The summed E-state index contributed by atoms with van der Waals surface area (Å²) < 4.78 is 19.0. The minimum Gasteiger partial charge on any atom is -0.462 e. The molecule has 0 radical (unpaired) electrons. The molecule has 0 aliphatic carbocycles. The van der Waals surface area contributed by atoms with E-state index in [9.17, 15) is 9.59 Å². The summed E-state index contributed by atoms with van der Waals surface area (Å²) in [5, 5.41) is 0.848. The van der Waals surface area contributed by atoms with Gasteiger partial charge in [0.15, 0.2) is 10.6 Å². The van der Waals surface area contributed by atoms with Crippen LogP contribution in [0.5, 0.6) is 0 Å². The highest BCUT2D eigenvalue weighted by Gasteiger charge is 2.15. The van der Waals surface area contributed by atoms with E-state index in [1.807, 2.05) is 41.8 Å². The highest BCUT2D eigenvalue weighted by molar-refractivity contribution is 7.16. The predicted molar refractivity (Wildman–Crippen MR) is 118 cm³/mol. The summed E-state index contributed by atoms with van der Waals surface area (Å²) in [7, 11) is 0. The van der Waals surface area contributed by atoms with Gasteiger partial charge in [-0.25, -0.2) is 4.79 Å². The first-order chi connectivity index (χ1) is 15.1. The summed E-state index contributed by atoms with van der Waals surface area (Å²) in [6, 6.07) is 14.4. The van der Waals surface area contributed by atoms with E-state index in [0.717, 1.165) is 15.6 Å². The zero-order valence-electron chi connectivity index (χ0n) is 17.3.